The van der Waals surface area contributed by atoms with Crippen molar-refractivity contribution >= 4 is 11.4 Å². The fourth-order valence-electron chi connectivity index (χ4n) is 1.38. The number of nitriles is 1. The maximum atomic E-state index is 8.90. The highest BCUT2D eigenvalue weighted by atomic mass is 15.1. The van der Waals surface area contributed by atoms with Gasteiger partial charge in [-0.3, -0.25) is 0 Å². The standard InChI is InChI=1S/C14H11N3/c1-11-6-8-13(9-7-11)16-17-14-5-3-2-4-12(14)10-15/h2-9H,1H3. The van der Waals surface area contributed by atoms with E-state index in [0.717, 1.165) is 5.69 Å². The summed E-state index contributed by atoms with van der Waals surface area (Å²) < 4.78 is 0. The van der Waals surface area contributed by atoms with E-state index >= 15 is 0 Å². The van der Waals surface area contributed by atoms with Crippen molar-refractivity contribution in [2.75, 3.05) is 0 Å². The molecule has 0 aliphatic rings. The van der Waals surface area contributed by atoms with E-state index in [-0.39, 0.29) is 0 Å². The molecule has 0 heterocycles. The van der Waals surface area contributed by atoms with Gasteiger partial charge in [-0.2, -0.15) is 10.4 Å². The largest absolute Gasteiger partial charge is 0.192 e. The van der Waals surface area contributed by atoms with Gasteiger partial charge in [0.05, 0.1) is 11.3 Å². The molecule has 0 atom stereocenters. The average Bonchev–Trinajstić information content (AvgIpc) is 2.38. The van der Waals surface area contributed by atoms with Gasteiger partial charge in [-0.15, -0.1) is 5.11 Å². The SMILES string of the molecule is Cc1ccc(N=Nc2ccccc2C#N)cc1. The van der Waals surface area contributed by atoms with Gasteiger partial charge in [0.15, 0.2) is 0 Å². The number of hydrogen-bond acceptors (Lipinski definition) is 3. The molecule has 0 amide bonds. The van der Waals surface area contributed by atoms with Crippen molar-refractivity contribution in [3.05, 3.63) is 59.7 Å². The monoisotopic (exact) mass is 221 g/mol. The van der Waals surface area contributed by atoms with Crippen molar-refractivity contribution in [1.82, 2.24) is 0 Å². The van der Waals surface area contributed by atoms with Crippen LogP contribution < -0.4 is 0 Å². The molecule has 0 radical (unpaired) electrons. The minimum atomic E-state index is 0.531. The summed E-state index contributed by atoms with van der Waals surface area (Å²) in [5.41, 5.74) is 3.09. The van der Waals surface area contributed by atoms with Crippen molar-refractivity contribution in [3.63, 3.8) is 0 Å². The Morgan fingerprint density at radius 2 is 1.65 bits per heavy atom. The van der Waals surface area contributed by atoms with Crippen molar-refractivity contribution in [2.45, 2.75) is 6.92 Å². The lowest BCUT2D eigenvalue weighted by Gasteiger charge is -1.96. The van der Waals surface area contributed by atoms with Gasteiger partial charge in [0, 0.05) is 0 Å². The van der Waals surface area contributed by atoms with Gasteiger partial charge in [-0.25, -0.2) is 0 Å². The van der Waals surface area contributed by atoms with Crippen LogP contribution in [0.15, 0.2) is 58.8 Å². The molecular formula is C14H11N3. The smallest absolute Gasteiger partial charge is 0.103 e. The Kier molecular flexibility index (Phi) is 3.27. The Balaban J connectivity index is 2.26. The second kappa shape index (κ2) is 5.04. The Labute approximate surface area is 100 Å². The van der Waals surface area contributed by atoms with E-state index in [9.17, 15) is 0 Å². The van der Waals surface area contributed by atoms with Crippen LogP contribution in [0.2, 0.25) is 0 Å². The molecule has 0 aromatic heterocycles. The molecule has 3 heteroatoms. The first-order chi connectivity index (χ1) is 8.29. The minimum Gasteiger partial charge on any atom is -0.192 e. The van der Waals surface area contributed by atoms with Gasteiger partial charge in [0.25, 0.3) is 0 Å². The normalized spacial score (nSPS) is 10.4. The summed E-state index contributed by atoms with van der Waals surface area (Å²) in [6.07, 6.45) is 0. The quantitative estimate of drug-likeness (QED) is 0.698. The predicted molar refractivity (Wildman–Crippen MR) is 66.5 cm³/mol. The van der Waals surface area contributed by atoms with Crippen LogP contribution in [0.4, 0.5) is 11.4 Å². The van der Waals surface area contributed by atoms with Crippen molar-refractivity contribution in [3.8, 4) is 6.07 Å². The molecule has 2 aromatic carbocycles. The van der Waals surface area contributed by atoms with Gasteiger partial charge in [-0.1, -0.05) is 29.8 Å². The summed E-state index contributed by atoms with van der Waals surface area (Å²) in [6.45, 7) is 2.02. The lowest BCUT2D eigenvalue weighted by Crippen LogP contribution is -1.73. The van der Waals surface area contributed by atoms with Crippen LogP contribution in [-0.4, -0.2) is 0 Å². The van der Waals surface area contributed by atoms with Gasteiger partial charge < -0.3 is 0 Å². The molecule has 0 aliphatic heterocycles. The second-order valence-electron chi connectivity index (χ2n) is 3.66. The van der Waals surface area contributed by atoms with Crippen LogP contribution in [0.5, 0.6) is 0 Å². The first-order valence-electron chi connectivity index (χ1n) is 5.27. The third kappa shape index (κ3) is 2.76. The molecule has 82 valence electrons. The van der Waals surface area contributed by atoms with Gasteiger partial charge in [-0.05, 0) is 31.2 Å². The van der Waals surface area contributed by atoms with E-state index in [1.807, 2.05) is 43.3 Å². The third-order valence-corrected chi connectivity index (χ3v) is 2.33. The van der Waals surface area contributed by atoms with Crippen LogP contribution >= 0.6 is 0 Å². The fourth-order valence-corrected chi connectivity index (χ4v) is 1.38. The zero-order valence-corrected chi connectivity index (χ0v) is 9.46. The molecule has 0 fully saturated rings. The summed E-state index contributed by atoms with van der Waals surface area (Å²) >= 11 is 0. The van der Waals surface area contributed by atoms with E-state index < -0.39 is 0 Å². The zero-order valence-electron chi connectivity index (χ0n) is 9.46. The molecule has 0 spiro atoms. The van der Waals surface area contributed by atoms with E-state index in [0.29, 0.717) is 11.3 Å². The Morgan fingerprint density at radius 1 is 0.941 bits per heavy atom. The topological polar surface area (TPSA) is 48.5 Å². The number of rotatable bonds is 2. The van der Waals surface area contributed by atoms with Crippen LogP contribution in [0, 0.1) is 18.3 Å². The van der Waals surface area contributed by atoms with Crippen LogP contribution in [0.25, 0.3) is 0 Å². The van der Waals surface area contributed by atoms with Crippen molar-refractivity contribution in [2.24, 2.45) is 10.2 Å². The highest BCUT2D eigenvalue weighted by Gasteiger charge is 1.97. The van der Waals surface area contributed by atoms with Gasteiger partial charge in [0.1, 0.15) is 11.8 Å². The van der Waals surface area contributed by atoms with E-state index in [1.165, 1.54) is 5.56 Å². The van der Waals surface area contributed by atoms with Crippen molar-refractivity contribution < 1.29 is 0 Å². The highest BCUT2D eigenvalue weighted by molar-refractivity contribution is 5.52. The predicted octanol–water partition coefficient (Wildman–Crippen LogP) is 4.28. The molecule has 2 aromatic rings. The molecule has 0 saturated heterocycles. The first kappa shape index (κ1) is 11.0. The molecule has 2 rings (SSSR count). The molecule has 0 bridgehead atoms. The zero-order chi connectivity index (χ0) is 12.1. The van der Waals surface area contributed by atoms with Crippen LogP contribution in [0.3, 0.4) is 0 Å². The van der Waals surface area contributed by atoms with E-state index in [1.54, 1.807) is 12.1 Å². The van der Waals surface area contributed by atoms with Crippen LogP contribution in [-0.2, 0) is 0 Å². The minimum absolute atomic E-state index is 0.531. The molecule has 3 nitrogen and oxygen atoms in total. The van der Waals surface area contributed by atoms with E-state index in [2.05, 4.69) is 16.3 Å². The molecule has 0 unspecified atom stereocenters. The first-order valence-corrected chi connectivity index (χ1v) is 5.27. The number of azo groups is 1. The number of nitrogens with zero attached hydrogens (tertiary/aromatic N) is 3. The average molecular weight is 221 g/mol. The Bertz CT molecular complexity index is 577. The summed E-state index contributed by atoms with van der Waals surface area (Å²) in [5, 5.41) is 17.1. The maximum absolute atomic E-state index is 8.90. The molecular weight excluding hydrogens is 210 g/mol. The lowest BCUT2D eigenvalue weighted by molar-refractivity contribution is 1.22. The lowest BCUT2D eigenvalue weighted by atomic mass is 10.2. The van der Waals surface area contributed by atoms with Crippen molar-refractivity contribution in [1.29, 1.82) is 5.26 Å². The van der Waals surface area contributed by atoms with Gasteiger partial charge in [0.2, 0.25) is 0 Å². The Hall–Kier alpha value is -2.47. The van der Waals surface area contributed by atoms with Crippen LogP contribution in [0.1, 0.15) is 11.1 Å². The van der Waals surface area contributed by atoms with Gasteiger partial charge >= 0.3 is 0 Å². The summed E-state index contributed by atoms with van der Waals surface area (Å²) in [6, 6.07) is 17.0. The molecule has 17 heavy (non-hydrogen) atoms. The fraction of sp³-hybridized carbons (Fsp3) is 0.0714. The number of aryl methyl sites for hydroxylation is 1. The highest BCUT2D eigenvalue weighted by Crippen LogP contribution is 2.21. The molecule has 0 saturated carbocycles. The number of hydrogen-bond donors (Lipinski definition) is 0. The number of benzene rings is 2. The summed E-state index contributed by atoms with van der Waals surface area (Å²) in [4.78, 5) is 0. The maximum Gasteiger partial charge on any atom is 0.103 e. The molecule has 0 N–H and O–H groups in total. The Morgan fingerprint density at radius 3 is 2.35 bits per heavy atom. The summed E-state index contributed by atoms with van der Waals surface area (Å²) in [5.74, 6) is 0. The third-order valence-electron chi connectivity index (χ3n) is 2.33. The molecule has 0 aliphatic carbocycles. The van der Waals surface area contributed by atoms with E-state index in [4.69, 9.17) is 5.26 Å². The second-order valence-corrected chi connectivity index (χ2v) is 3.66. The summed E-state index contributed by atoms with van der Waals surface area (Å²) in [7, 11) is 0.